The molecule has 2 rings (SSSR count). The van der Waals surface area contributed by atoms with Crippen molar-refractivity contribution in [1.82, 2.24) is 4.90 Å². The van der Waals surface area contributed by atoms with E-state index in [9.17, 15) is 9.90 Å². The molecule has 1 amide bonds. The molecule has 20 heavy (non-hydrogen) atoms. The molecule has 0 aliphatic carbocycles. The Kier molecular flexibility index (Phi) is 4.12. The molecule has 1 atom stereocenters. The number of rotatable bonds is 1. The van der Waals surface area contributed by atoms with Crippen LogP contribution >= 0.6 is 0 Å². The molecular formula is C16H20N2O2. The smallest absolute Gasteiger partial charge is 0.255 e. The van der Waals surface area contributed by atoms with Gasteiger partial charge in [0.05, 0.1) is 17.7 Å². The third kappa shape index (κ3) is 3.19. The van der Waals surface area contributed by atoms with Gasteiger partial charge >= 0.3 is 0 Å². The van der Waals surface area contributed by atoms with Crippen molar-refractivity contribution in [2.45, 2.75) is 25.9 Å². The van der Waals surface area contributed by atoms with E-state index in [4.69, 9.17) is 5.73 Å². The van der Waals surface area contributed by atoms with Crippen molar-refractivity contribution in [3.8, 4) is 11.8 Å². The van der Waals surface area contributed by atoms with E-state index < -0.39 is 5.60 Å². The lowest BCUT2D eigenvalue weighted by Crippen LogP contribution is -2.34. The Bertz CT molecular complexity index is 582. The van der Waals surface area contributed by atoms with E-state index in [1.807, 2.05) is 25.1 Å². The van der Waals surface area contributed by atoms with Gasteiger partial charge in [0, 0.05) is 18.7 Å². The Labute approximate surface area is 119 Å². The summed E-state index contributed by atoms with van der Waals surface area (Å²) in [6, 6.07) is 5.62. The molecule has 1 heterocycles. The zero-order valence-corrected chi connectivity index (χ0v) is 11.9. The van der Waals surface area contributed by atoms with Crippen LogP contribution in [0.15, 0.2) is 18.2 Å². The van der Waals surface area contributed by atoms with Gasteiger partial charge in [-0.25, -0.2) is 0 Å². The van der Waals surface area contributed by atoms with Crippen LogP contribution in [0.25, 0.3) is 0 Å². The normalized spacial score (nSPS) is 21.5. The summed E-state index contributed by atoms with van der Waals surface area (Å²) in [5.74, 6) is 5.65. The lowest BCUT2D eigenvalue weighted by Gasteiger charge is -2.20. The highest BCUT2D eigenvalue weighted by atomic mass is 16.3. The van der Waals surface area contributed by atoms with Crippen molar-refractivity contribution in [2.24, 2.45) is 5.73 Å². The number of carbonyl (C=O) groups excluding carboxylic acids is 1. The third-order valence-corrected chi connectivity index (χ3v) is 3.47. The molecule has 4 heteroatoms. The highest BCUT2D eigenvalue weighted by Crippen LogP contribution is 2.23. The van der Waals surface area contributed by atoms with Gasteiger partial charge in [-0.1, -0.05) is 23.5 Å². The molecule has 1 aromatic rings. The van der Waals surface area contributed by atoms with Crippen molar-refractivity contribution in [2.75, 3.05) is 19.6 Å². The quantitative estimate of drug-likeness (QED) is 0.747. The molecule has 1 aromatic carbocycles. The second-order valence-electron chi connectivity index (χ2n) is 5.53. The third-order valence-electron chi connectivity index (χ3n) is 3.47. The van der Waals surface area contributed by atoms with E-state index in [2.05, 4.69) is 11.8 Å². The molecule has 0 aromatic heterocycles. The van der Waals surface area contributed by atoms with E-state index in [1.54, 1.807) is 11.8 Å². The second-order valence-corrected chi connectivity index (χ2v) is 5.53. The van der Waals surface area contributed by atoms with Gasteiger partial charge in [-0.2, -0.15) is 0 Å². The lowest BCUT2D eigenvalue weighted by molar-refractivity contribution is 0.0572. The minimum absolute atomic E-state index is 0.0761. The van der Waals surface area contributed by atoms with Gasteiger partial charge in [0.2, 0.25) is 0 Å². The van der Waals surface area contributed by atoms with Crippen molar-refractivity contribution >= 4 is 5.91 Å². The number of hydrogen-bond acceptors (Lipinski definition) is 3. The predicted octanol–water partition coefficient (Wildman–Crippen LogP) is 0.902. The Morgan fingerprint density at radius 3 is 2.90 bits per heavy atom. The molecule has 0 spiro atoms. The van der Waals surface area contributed by atoms with Crippen LogP contribution < -0.4 is 5.73 Å². The molecule has 1 saturated heterocycles. The molecular weight excluding hydrogens is 252 g/mol. The Morgan fingerprint density at radius 2 is 2.30 bits per heavy atom. The molecule has 0 saturated carbocycles. The van der Waals surface area contributed by atoms with Crippen molar-refractivity contribution in [3.05, 3.63) is 34.9 Å². The summed E-state index contributed by atoms with van der Waals surface area (Å²) < 4.78 is 0. The Morgan fingerprint density at radius 1 is 1.55 bits per heavy atom. The monoisotopic (exact) mass is 272 g/mol. The van der Waals surface area contributed by atoms with Crippen LogP contribution in [0, 0.1) is 18.8 Å². The number of nitrogens with zero attached hydrogens (tertiary/aromatic N) is 1. The van der Waals surface area contributed by atoms with E-state index in [0.29, 0.717) is 30.6 Å². The van der Waals surface area contributed by atoms with Crippen LogP contribution in [0.3, 0.4) is 0 Å². The van der Waals surface area contributed by atoms with Crippen molar-refractivity contribution in [1.29, 1.82) is 0 Å². The van der Waals surface area contributed by atoms with Gasteiger partial charge in [-0.15, -0.1) is 0 Å². The molecule has 1 aliphatic rings. The average Bonchev–Trinajstić information content (AvgIpc) is 2.77. The predicted molar refractivity (Wildman–Crippen MR) is 78.3 cm³/mol. The number of nitrogens with two attached hydrogens (primary N) is 1. The number of amides is 1. The van der Waals surface area contributed by atoms with Gasteiger partial charge in [0.15, 0.2) is 0 Å². The summed E-state index contributed by atoms with van der Waals surface area (Å²) in [6.07, 6.45) is 0.606. The van der Waals surface area contributed by atoms with Gasteiger partial charge in [-0.3, -0.25) is 4.79 Å². The first-order valence-electron chi connectivity index (χ1n) is 6.74. The minimum Gasteiger partial charge on any atom is -0.388 e. The van der Waals surface area contributed by atoms with Crippen molar-refractivity contribution < 1.29 is 9.90 Å². The highest BCUT2D eigenvalue weighted by molar-refractivity contribution is 5.97. The molecule has 1 fully saturated rings. The zero-order valence-electron chi connectivity index (χ0n) is 11.9. The van der Waals surface area contributed by atoms with Gasteiger partial charge in [-0.05, 0) is 32.4 Å². The number of aryl methyl sites for hydroxylation is 1. The van der Waals surface area contributed by atoms with Crippen LogP contribution in [-0.2, 0) is 0 Å². The van der Waals surface area contributed by atoms with Crippen LogP contribution in [0.5, 0.6) is 0 Å². The molecule has 3 N–H and O–H groups in total. The number of β-amino-alcohol motifs (C(OH)–C–C–N with tert-alkyl or cyclic N) is 1. The van der Waals surface area contributed by atoms with E-state index in [0.717, 1.165) is 5.56 Å². The maximum Gasteiger partial charge on any atom is 0.255 e. The first-order chi connectivity index (χ1) is 9.43. The molecule has 4 nitrogen and oxygen atoms in total. The van der Waals surface area contributed by atoms with Crippen LogP contribution in [0.1, 0.15) is 34.8 Å². The highest BCUT2D eigenvalue weighted by Gasteiger charge is 2.34. The van der Waals surface area contributed by atoms with Crippen LogP contribution in [0.2, 0.25) is 0 Å². The van der Waals surface area contributed by atoms with E-state index >= 15 is 0 Å². The first kappa shape index (κ1) is 14.6. The minimum atomic E-state index is -0.789. The number of likely N-dealkylation sites (tertiary alicyclic amines) is 1. The van der Waals surface area contributed by atoms with E-state index in [-0.39, 0.29) is 12.5 Å². The van der Waals surface area contributed by atoms with Crippen molar-refractivity contribution in [3.63, 3.8) is 0 Å². The summed E-state index contributed by atoms with van der Waals surface area (Å²) in [5.41, 5.74) is 6.89. The largest absolute Gasteiger partial charge is 0.388 e. The molecule has 106 valence electrons. The van der Waals surface area contributed by atoms with Crippen LogP contribution in [-0.4, -0.2) is 41.1 Å². The Balaban J connectivity index is 2.31. The van der Waals surface area contributed by atoms with Gasteiger partial charge in [0.25, 0.3) is 5.91 Å². The first-order valence-corrected chi connectivity index (χ1v) is 6.74. The number of benzene rings is 1. The maximum atomic E-state index is 12.6. The number of hydrogen-bond donors (Lipinski definition) is 2. The molecule has 0 bridgehead atoms. The summed E-state index contributed by atoms with van der Waals surface area (Å²) >= 11 is 0. The average molecular weight is 272 g/mol. The summed E-state index contributed by atoms with van der Waals surface area (Å²) in [7, 11) is 0. The maximum absolute atomic E-state index is 12.6. The zero-order chi connectivity index (χ0) is 14.8. The van der Waals surface area contributed by atoms with E-state index in [1.165, 1.54) is 0 Å². The standard InChI is InChI=1S/C16H20N2O2/c1-12-5-6-13(4-3-8-17)14(10-12)15(19)18-9-7-16(2,20)11-18/h5-6,10,20H,7-9,11,17H2,1-2H3. The topological polar surface area (TPSA) is 66.6 Å². The second kappa shape index (κ2) is 5.66. The van der Waals surface area contributed by atoms with Gasteiger partial charge < -0.3 is 15.7 Å². The summed E-state index contributed by atoms with van der Waals surface area (Å²) in [4.78, 5) is 14.3. The fraction of sp³-hybridized carbons (Fsp3) is 0.438. The number of carbonyl (C=O) groups is 1. The molecule has 0 radical (unpaired) electrons. The fourth-order valence-electron chi connectivity index (χ4n) is 2.38. The van der Waals surface area contributed by atoms with Crippen LogP contribution in [0.4, 0.5) is 0 Å². The Hall–Kier alpha value is -1.83. The number of aliphatic hydroxyl groups is 1. The SMILES string of the molecule is Cc1ccc(C#CCN)c(C(=O)N2CCC(C)(O)C2)c1. The summed E-state index contributed by atoms with van der Waals surface area (Å²) in [5, 5.41) is 9.99. The molecule has 1 aliphatic heterocycles. The van der Waals surface area contributed by atoms with Gasteiger partial charge in [0.1, 0.15) is 0 Å². The summed E-state index contributed by atoms with van der Waals surface area (Å²) in [6.45, 7) is 4.90. The molecule has 1 unspecified atom stereocenters. The fourth-order valence-corrected chi connectivity index (χ4v) is 2.38. The lowest BCUT2D eigenvalue weighted by atomic mass is 10.0.